The normalized spacial score (nSPS) is 11.5. The first-order chi connectivity index (χ1) is 9.90. The van der Waals surface area contributed by atoms with E-state index in [0.717, 1.165) is 18.2 Å². The number of benzene rings is 2. The molecule has 2 rings (SSSR count). The molecule has 0 amide bonds. The molecular weight excluding hydrogens is 281 g/mol. The Kier molecular flexibility index (Phi) is 4.12. The summed E-state index contributed by atoms with van der Waals surface area (Å²) in [4.78, 5) is 10.6. The molecule has 0 radical (unpaired) electrons. The van der Waals surface area contributed by atoms with Gasteiger partial charge in [-0.25, -0.2) is 18.0 Å². The van der Waals surface area contributed by atoms with Crippen LogP contribution in [0.4, 0.5) is 13.2 Å². The van der Waals surface area contributed by atoms with Crippen LogP contribution in [0.1, 0.15) is 12.5 Å². The highest BCUT2D eigenvalue weighted by Gasteiger charge is 2.15. The lowest BCUT2D eigenvalue weighted by atomic mass is 9.99. The predicted molar refractivity (Wildman–Crippen MR) is 73.0 cm³/mol. The van der Waals surface area contributed by atoms with Crippen molar-refractivity contribution in [3.63, 3.8) is 0 Å². The number of carboxylic acid groups (broad SMARTS) is 1. The summed E-state index contributed by atoms with van der Waals surface area (Å²) >= 11 is 0. The van der Waals surface area contributed by atoms with Gasteiger partial charge in [-0.2, -0.15) is 0 Å². The van der Waals surface area contributed by atoms with Gasteiger partial charge in [-0.15, -0.1) is 0 Å². The van der Waals surface area contributed by atoms with Gasteiger partial charge < -0.3 is 5.11 Å². The molecule has 0 aliphatic heterocycles. The largest absolute Gasteiger partial charge is 0.478 e. The first-order valence-electron chi connectivity index (χ1n) is 6.05. The second-order valence-electron chi connectivity index (χ2n) is 4.47. The van der Waals surface area contributed by atoms with Crippen LogP contribution in [-0.4, -0.2) is 11.1 Å². The van der Waals surface area contributed by atoms with Gasteiger partial charge in [0.05, 0.1) is 0 Å². The summed E-state index contributed by atoms with van der Waals surface area (Å²) in [5.41, 5.74) is 1.27. The molecule has 0 heterocycles. The van der Waals surface area contributed by atoms with Crippen LogP contribution in [-0.2, 0) is 4.79 Å². The van der Waals surface area contributed by atoms with E-state index >= 15 is 0 Å². The maximum Gasteiger partial charge on any atom is 0.328 e. The number of allylic oxidation sites excluding steroid dienone is 1. The summed E-state index contributed by atoms with van der Waals surface area (Å²) < 4.78 is 40.0. The van der Waals surface area contributed by atoms with Crippen LogP contribution in [0.5, 0.6) is 0 Å². The van der Waals surface area contributed by atoms with Gasteiger partial charge in [0.2, 0.25) is 0 Å². The monoisotopic (exact) mass is 292 g/mol. The zero-order chi connectivity index (χ0) is 15.6. The number of aliphatic carboxylic acids is 1. The van der Waals surface area contributed by atoms with E-state index in [1.807, 2.05) is 0 Å². The molecule has 0 fully saturated rings. The molecule has 0 bridgehead atoms. The van der Waals surface area contributed by atoms with Crippen LogP contribution in [0.2, 0.25) is 0 Å². The smallest absolute Gasteiger partial charge is 0.328 e. The molecule has 0 aliphatic rings. The van der Waals surface area contributed by atoms with E-state index in [1.165, 1.54) is 12.1 Å². The van der Waals surface area contributed by atoms with Gasteiger partial charge in [-0.3, -0.25) is 0 Å². The van der Waals surface area contributed by atoms with E-state index in [0.29, 0.717) is 16.7 Å². The van der Waals surface area contributed by atoms with E-state index < -0.39 is 23.4 Å². The number of rotatable bonds is 3. The van der Waals surface area contributed by atoms with Crippen molar-refractivity contribution in [1.82, 2.24) is 0 Å². The third kappa shape index (κ3) is 3.13. The van der Waals surface area contributed by atoms with Gasteiger partial charge >= 0.3 is 5.97 Å². The molecule has 0 spiro atoms. The SMILES string of the molecule is C/C(=C\C(=O)O)c1cccc(-c2ccc(F)c(F)c2F)c1. The first-order valence-corrected chi connectivity index (χ1v) is 6.05. The topological polar surface area (TPSA) is 37.3 Å². The molecule has 2 aromatic rings. The van der Waals surface area contributed by atoms with E-state index in [1.54, 1.807) is 19.1 Å². The molecule has 0 saturated heterocycles. The number of carboxylic acids is 1. The van der Waals surface area contributed by atoms with Crippen molar-refractivity contribution in [2.75, 3.05) is 0 Å². The Balaban J connectivity index is 2.52. The third-order valence-corrected chi connectivity index (χ3v) is 3.00. The molecule has 2 aromatic carbocycles. The minimum absolute atomic E-state index is 0.0844. The van der Waals surface area contributed by atoms with Gasteiger partial charge in [0.1, 0.15) is 0 Å². The van der Waals surface area contributed by atoms with Crippen LogP contribution in [0.3, 0.4) is 0 Å². The molecule has 5 heteroatoms. The Morgan fingerprint density at radius 1 is 1.10 bits per heavy atom. The number of hydrogen-bond donors (Lipinski definition) is 1. The van der Waals surface area contributed by atoms with Gasteiger partial charge in [0.25, 0.3) is 0 Å². The van der Waals surface area contributed by atoms with Crippen molar-refractivity contribution in [2.24, 2.45) is 0 Å². The highest BCUT2D eigenvalue weighted by molar-refractivity contribution is 5.90. The van der Waals surface area contributed by atoms with E-state index in [2.05, 4.69) is 0 Å². The second kappa shape index (κ2) is 5.83. The van der Waals surface area contributed by atoms with E-state index in [-0.39, 0.29) is 5.56 Å². The van der Waals surface area contributed by atoms with Crippen LogP contribution in [0.15, 0.2) is 42.5 Å². The number of halogens is 3. The highest BCUT2D eigenvalue weighted by Crippen LogP contribution is 2.28. The fraction of sp³-hybridized carbons (Fsp3) is 0.0625. The van der Waals surface area contributed by atoms with Crippen LogP contribution in [0.25, 0.3) is 16.7 Å². The fourth-order valence-corrected chi connectivity index (χ4v) is 1.95. The second-order valence-corrected chi connectivity index (χ2v) is 4.47. The van der Waals surface area contributed by atoms with Gasteiger partial charge in [0.15, 0.2) is 17.5 Å². The minimum atomic E-state index is -1.53. The van der Waals surface area contributed by atoms with Crippen molar-refractivity contribution in [1.29, 1.82) is 0 Å². The molecule has 0 atom stereocenters. The fourth-order valence-electron chi connectivity index (χ4n) is 1.95. The summed E-state index contributed by atoms with van der Waals surface area (Å²) in [6.45, 7) is 1.59. The molecule has 0 saturated carbocycles. The lowest BCUT2D eigenvalue weighted by Gasteiger charge is -2.08. The molecule has 108 valence electrons. The highest BCUT2D eigenvalue weighted by atomic mass is 19.2. The Morgan fingerprint density at radius 2 is 1.81 bits per heavy atom. The lowest BCUT2D eigenvalue weighted by Crippen LogP contribution is -1.95. The quantitative estimate of drug-likeness (QED) is 0.678. The minimum Gasteiger partial charge on any atom is -0.478 e. The van der Waals surface area contributed by atoms with Gasteiger partial charge in [0, 0.05) is 11.6 Å². The Labute approximate surface area is 119 Å². The van der Waals surface area contributed by atoms with Gasteiger partial charge in [-0.1, -0.05) is 18.2 Å². The zero-order valence-corrected chi connectivity index (χ0v) is 11.0. The third-order valence-electron chi connectivity index (χ3n) is 3.00. The molecule has 0 unspecified atom stereocenters. The number of carbonyl (C=O) groups is 1. The Hall–Kier alpha value is -2.56. The average molecular weight is 292 g/mol. The van der Waals surface area contributed by atoms with Crippen LogP contribution < -0.4 is 0 Å². The van der Waals surface area contributed by atoms with Crippen molar-refractivity contribution < 1.29 is 23.1 Å². The molecule has 1 N–H and O–H groups in total. The zero-order valence-electron chi connectivity index (χ0n) is 11.0. The van der Waals surface area contributed by atoms with E-state index in [9.17, 15) is 18.0 Å². The van der Waals surface area contributed by atoms with Crippen molar-refractivity contribution in [3.8, 4) is 11.1 Å². The van der Waals surface area contributed by atoms with Crippen molar-refractivity contribution in [3.05, 3.63) is 65.5 Å². The molecule has 21 heavy (non-hydrogen) atoms. The Bertz CT molecular complexity index is 736. The summed E-state index contributed by atoms with van der Waals surface area (Å²) in [5.74, 6) is -5.16. The number of hydrogen-bond acceptors (Lipinski definition) is 1. The van der Waals surface area contributed by atoms with Crippen molar-refractivity contribution in [2.45, 2.75) is 6.92 Å². The lowest BCUT2D eigenvalue weighted by molar-refractivity contribution is -0.131. The molecule has 0 aromatic heterocycles. The average Bonchev–Trinajstić information content (AvgIpc) is 2.44. The molecule has 2 nitrogen and oxygen atoms in total. The van der Waals surface area contributed by atoms with Crippen molar-refractivity contribution >= 4 is 11.5 Å². The summed E-state index contributed by atoms with van der Waals surface area (Å²) in [7, 11) is 0. The van der Waals surface area contributed by atoms with Gasteiger partial charge in [-0.05, 0) is 41.8 Å². The molecule has 0 aliphatic carbocycles. The predicted octanol–water partition coefficient (Wildman–Crippen LogP) is 4.26. The summed E-state index contributed by atoms with van der Waals surface area (Å²) in [6, 6.07) is 8.28. The maximum absolute atomic E-state index is 13.8. The molecular formula is C16H11F3O2. The standard InChI is InChI=1S/C16H11F3O2/c1-9(7-14(20)21)10-3-2-4-11(8-10)12-5-6-13(17)16(19)15(12)18/h2-8H,1H3,(H,20,21)/b9-7+. The Morgan fingerprint density at radius 3 is 2.48 bits per heavy atom. The summed E-state index contributed by atoms with van der Waals surface area (Å²) in [5, 5.41) is 8.71. The summed E-state index contributed by atoms with van der Waals surface area (Å²) in [6.07, 6.45) is 1.01. The first kappa shape index (κ1) is 14.8. The maximum atomic E-state index is 13.8. The van der Waals surface area contributed by atoms with Crippen LogP contribution >= 0.6 is 0 Å². The van der Waals surface area contributed by atoms with E-state index in [4.69, 9.17) is 5.11 Å². The van der Waals surface area contributed by atoms with Crippen LogP contribution in [0, 0.1) is 17.5 Å².